The van der Waals surface area contributed by atoms with Crippen molar-refractivity contribution in [2.24, 2.45) is 0 Å². The van der Waals surface area contributed by atoms with E-state index >= 15 is 0 Å². The highest BCUT2D eigenvalue weighted by molar-refractivity contribution is 5.88. The lowest BCUT2D eigenvalue weighted by atomic mass is 10.4. The van der Waals surface area contributed by atoms with Crippen molar-refractivity contribution in [2.45, 2.75) is 25.8 Å². The number of aryl methyl sites for hydroxylation is 1. The zero-order chi connectivity index (χ0) is 13.9. The molecule has 2 aromatic heterocycles. The number of carbonyl (C=O) groups is 1. The van der Waals surface area contributed by atoms with Crippen molar-refractivity contribution in [2.75, 3.05) is 10.6 Å². The summed E-state index contributed by atoms with van der Waals surface area (Å²) in [5, 5.41) is 12.4. The molecule has 2 aromatic rings. The van der Waals surface area contributed by atoms with E-state index in [1.54, 1.807) is 18.3 Å². The molecule has 1 aliphatic carbocycles. The number of amides is 2. The minimum Gasteiger partial charge on any atom is -0.360 e. The number of rotatable bonds is 4. The molecule has 0 aromatic carbocycles. The van der Waals surface area contributed by atoms with E-state index in [9.17, 15) is 4.79 Å². The number of hydrogen-bond acceptors (Lipinski definition) is 5. The van der Waals surface area contributed by atoms with Gasteiger partial charge in [-0.15, -0.1) is 0 Å². The van der Waals surface area contributed by atoms with Gasteiger partial charge in [-0.05, 0) is 31.9 Å². The van der Waals surface area contributed by atoms with E-state index in [0.29, 0.717) is 17.7 Å². The van der Waals surface area contributed by atoms with Crippen LogP contribution in [0.2, 0.25) is 0 Å². The summed E-state index contributed by atoms with van der Waals surface area (Å²) in [6, 6.07) is 5.43. The topological polar surface area (TPSA) is 92.1 Å². The molecule has 1 saturated carbocycles. The van der Waals surface area contributed by atoms with Crippen LogP contribution in [0.4, 0.5) is 22.1 Å². The Morgan fingerprint density at radius 3 is 2.80 bits per heavy atom. The number of aromatic nitrogens is 2. The summed E-state index contributed by atoms with van der Waals surface area (Å²) in [6.07, 6.45) is 3.73. The fourth-order valence-electron chi connectivity index (χ4n) is 1.68. The van der Waals surface area contributed by atoms with E-state index in [-0.39, 0.29) is 6.03 Å². The average molecular weight is 273 g/mol. The van der Waals surface area contributed by atoms with Crippen LogP contribution in [-0.4, -0.2) is 22.2 Å². The maximum Gasteiger partial charge on any atom is 0.320 e. The lowest BCUT2D eigenvalue weighted by Gasteiger charge is -2.06. The second kappa shape index (κ2) is 5.20. The zero-order valence-corrected chi connectivity index (χ0v) is 11.0. The Morgan fingerprint density at radius 1 is 1.35 bits per heavy atom. The molecular formula is C13H15N5O2. The maximum atomic E-state index is 11.5. The molecule has 2 heterocycles. The monoisotopic (exact) mass is 273 g/mol. The standard InChI is InChI=1S/C13H15N5O2/c1-8-6-12(18-20-8)15-10-4-5-11(14-7-10)17-13(19)16-9-2-3-9/h4-7,9H,2-3H2,1H3,(H,15,18)(H2,14,16,17,19). The van der Waals surface area contributed by atoms with Crippen LogP contribution in [-0.2, 0) is 0 Å². The van der Waals surface area contributed by atoms with Gasteiger partial charge in [-0.25, -0.2) is 9.78 Å². The molecule has 0 radical (unpaired) electrons. The van der Waals surface area contributed by atoms with Crippen LogP contribution in [0, 0.1) is 6.92 Å². The highest BCUT2D eigenvalue weighted by Crippen LogP contribution is 2.19. The Kier molecular flexibility index (Phi) is 3.24. The molecule has 0 unspecified atom stereocenters. The highest BCUT2D eigenvalue weighted by Gasteiger charge is 2.23. The first kappa shape index (κ1) is 12.5. The zero-order valence-electron chi connectivity index (χ0n) is 11.0. The molecule has 20 heavy (non-hydrogen) atoms. The number of nitrogens with zero attached hydrogens (tertiary/aromatic N) is 2. The first-order valence-corrected chi connectivity index (χ1v) is 6.43. The Labute approximate surface area is 115 Å². The van der Waals surface area contributed by atoms with Gasteiger partial charge >= 0.3 is 6.03 Å². The van der Waals surface area contributed by atoms with Crippen molar-refractivity contribution >= 4 is 23.4 Å². The van der Waals surface area contributed by atoms with Crippen molar-refractivity contribution < 1.29 is 9.32 Å². The lowest BCUT2D eigenvalue weighted by Crippen LogP contribution is -2.30. The van der Waals surface area contributed by atoms with E-state index in [2.05, 4.69) is 26.1 Å². The summed E-state index contributed by atoms with van der Waals surface area (Å²) in [6.45, 7) is 1.82. The van der Waals surface area contributed by atoms with Gasteiger partial charge < -0.3 is 15.2 Å². The molecule has 7 heteroatoms. The molecule has 104 valence electrons. The number of urea groups is 1. The van der Waals surface area contributed by atoms with Gasteiger partial charge in [0.15, 0.2) is 5.82 Å². The largest absolute Gasteiger partial charge is 0.360 e. The summed E-state index contributed by atoms with van der Waals surface area (Å²) in [5.74, 6) is 1.86. The second-order valence-corrected chi connectivity index (χ2v) is 4.75. The van der Waals surface area contributed by atoms with Crippen molar-refractivity contribution in [1.29, 1.82) is 0 Å². The second-order valence-electron chi connectivity index (χ2n) is 4.75. The third-order valence-corrected chi connectivity index (χ3v) is 2.82. The van der Waals surface area contributed by atoms with Crippen molar-refractivity contribution in [3.05, 3.63) is 30.2 Å². The smallest absolute Gasteiger partial charge is 0.320 e. The SMILES string of the molecule is Cc1cc(Nc2ccc(NC(=O)NC3CC3)nc2)no1. The summed E-state index contributed by atoms with van der Waals surface area (Å²) in [5.41, 5.74) is 0.770. The fraction of sp³-hybridized carbons (Fsp3) is 0.308. The molecule has 2 amide bonds. The van der Waals surface area contributed by atoms with Crippen LogP contribution in [0.15, 0.2) is 28.9 Å². The van der Waals surface area contributed by atoms with Crippen molar-refractivity contribution in [3.63, 3.8) is 0 Å². The molecule has 1 aliphatic rings. The quantitative estimate of drug-likeness (QED) is 0.795. The van der Waals surface area contributed by atoms with Crippen LogP contribution in [0.3, 0.4) is 0 Å². The number of carbonyl (C=O) groups excluding carboxylic acids is 1. The average Bonchev–Trinajstić information content (AvgIpc) is 3.13. The molecule has 1 fully saturated rings. The predicted molar refractivity (Wildman–Crippen MR) is 73.9 cm³/mol. The van der Waals surface area contributed by atoms with Gasteiger partial charge in [-0.3, -0.25) is 5.32 Å². The van der Waals surface area contributed by atoms with Gasteiger partial charge in [0.1, 0.15) is 11.6 Å². The molecule has 0 saturated heterocycles. The summed E-state index contributed by atoms with van der Waals surface area (Å²) < 4.78 is 4.96. The molecule has 3 rings (SSSR count). The minimum absolute atomic E-state index is 0.215. The van der Waals surface area contributed by atoms with Gasteiger partial charge in [0.2, 0.25) is 0 Å². The fourth-order valence-corrected chi connectivity index (χ4v) is 1.68. The van der Waals surface area contributed by atoms with Gasteiger partial charge in [0.25, 0.3) is 0 Å². The normalized spacial score (nSPS) is 13.8. The minimum atomic E-state index is -0.215. The van der Waals surface area contributed by atoms with Gasteiger partial charge in [-0.1, -0.05) is 5.16 Å². The molecule has 7 nitrogen and oxygen atoms in total. The van der Waals surface area contributed by atoms with Crippen molar-refractivity contribution in [1.82, 2.24) is 15.5 Å². The van der Waals surface area contributed by atoms with E-state index in [4.69, 9.17) is 4.52 Å². The van der Waals surface area contributed by atoms with E-state index < -0.39 is 0 Å². The summed E-state index contributed by atoms with van der Waals surface area (Å²) in [7, 11) is 0. The number of nitrogens with one attached hydrogen (secondary N) is 3. The first-order valence-electron chi connectivity index (χ1n) is 6.43. The highest BCUT2D eigenvalue weighted by atomic mass is 16.5. The van der Waals surface area contributed by atoms with Crippen molar-refractivity contribution in [3.8, 4) is 0 Å². The molecule has 3 N–H and O–H groups in total. The number of hydrogen-bond donors (Lipinski definition) is 3. The van der Waals surface area contributed by atoms with Crippen LogP contribution >= 0.6 is 0 Å². The lowest BCUT2D eigenvalue weighted by molar-refractivity contribution is 0.251. The van der Waals surface area contributed by atoms with Gasteiger partial charge in [0.05, 0.1) is 11.9 Å². The van der Waals surface area contributed by atoms with Gasteiger partial charge in [0, 0.05) is 12.1 Å². The summed E-state index contributed by atoms with van der Waals surface area (Å²) in [4.78, 5) is 15.7. The van der Waals surface area contributed by atoms with Crippen LogP contribution in [0.25, 0.3) is 0 Å². The molecule has 0 spiro atoms. The first-order chi connectivity index (χ1) is 9.69. The molecule has 0 bridgehead atoms. The summed E-state index contributed by atoms with van der Waals surface area (Å²) >= 11 is 0. The van der Waals surface area contributed by atoms with Crippen LogP contribution in [0.1, 0.15) is 18.6 Å². The van der Waals surface area contributed by atoms with Crippen LogP contribution in [0.5, 0.6) is 0 Å². The Hall–Kier alpha value is -2.57. The molecule has 0 aliphatic heterocycles. The van der Waals surface area contributed by atoms with Gasteiger partial charge in [-0.2, -0.15) is 0 Å². The third-order valence-electron chi connectivity index (χ3n) is 2.82. The third kappa shape index (κ3) is 3.25. The predicted octanol–water partition coefficient (Wildman–Crippen LogP) is 2.41. The Bertz CT molecular complexity index is 603. The van der Waals surface area contributed by atoms with E-state index in [1.165, 1.54) is 0 Å². The van der Waals surface area contributed by atoms with E-state index in [0.717, 1.165) is 24.3 Å². The Balaban J connectivity index is 1.57. The molecular weight excluding hydrogens is 258 g/mol. The number of anilines is 3. The van der Waals surface area contributed by atoms with Crippen LogP contribution < -0.4 is 16.0 Å². The molecule has 0 atom stereocenters. The van der Waals surface area contributed by atoms with E-state index in [1.807, 2.05) is 13.0 Å². The maximum absolute atomic E-state index is 11.5. The number of pyridine rings is 1. The Morgan fingerprint density at radius 2 is 2.20 bits per heavy atom.